The maximum absolute atomic E-state index is 12.9. The zero-order chi connectivity index (χ0) is 21.8. The van der Waals surface area contributed by atoms with Crippen LogP contribution >= 0.6 is 11.3 Å². The Hall–Kier alpha value is -3.52. The fourth-order valence-electron chi connectivity index (χ4n) is 3.18. The van der Waals surface area contributed by atoms with Gasteiger partial charge in [0.1, 0.15) is 6.04 Å². The molecule has 1 atom stereocenters. The molecule has 0 aliphatic heterocycles. The molecule has 158 valence electrons. The number of hydrogen-bond donors (Lipinski definition) is 2. The van der Waals surface area contributed by atoms with Crippen LogP contribution in [-0.2, 0) is 11.3 Å². The van der Waals surface area contributed by atoms with Crippen LogP contribution in [-0.4, -0.2) is 32.4 Å². The number of thiazole rings is 1. The lowest BCUT2D eigenvalue weighted by molar-refractivity contribution is -0.124. The summed E-state index contributed by atoms with van der Waals surface area (Å²) in [4.78, 5) is 34.4. The molecule has 2 N–H and O–H groups in total. The van der Waals surface area contributed by atoms with E-state index in [1.807, 2.05) is 73.3 Å². The van der Waals surface area contributed by atoms with Gasteiger partial charge in [-0.2, -0.15) is 0 Å². The number of aromatic nitrogens is 3. The molecule has 31 heavy (non-hydrogen) atoms. The molecule has 4 aromatic rings. The molecule has 3 heterocycles. The van der Waals surface area contributed by atoms with Gasteiger partial charge in [-0.05, 0) is 48.4 Å². The van der Waals surface area contributed by atoms with E-state index in [1.54, 1.807) is 12.3 Å². The standard InChI is InChI=1S/C23H23N5O2S/c1-15(2)20(22(30)25-14-17-7-3-4-10-24-17)27-21(29)16-8-9-18-19(13-16)31-23(26-18)28-11-5-6-12-28/h3-13,15,20H,14H2,1-2H3,(H,25,30)(H,27,29). The van der Waals surface area contributed by atoms with Gasteiger partial charge in [0, 0.05) is 24.2 Å². The fraction of sp³-hybridized carbons (Fsp3) is 0.217. The van der Waals surface area contributed by atoms with Crippen molar-refractivity contribution in [2.24, 2.45) is 5.92 Å². The van der Waals surface area contributed by atoms with Crippen molar-refractivity contribution in [2.45, 2.75) is 26.4 Å². The number of hydrogen-bond acceptors (Lipinski definition) is 5. The summed E-state index contributed by atoms with van der Waals surface area (Å²) in [6, 6.07) is 14.2. The van der Waals surface area contributed by atoms with E-state index < -0.39 is 6.04 Å². The van der Waals surface area contributed by atoms with Gasteiger partial charge in [-0.1, -0.05) is 31.3 Å². The summed E-state index contributed by atoms with van der Waals surface area (Å²) in [7, 11) is 0. The Bertz CT molecular complexity index is 1190. The Morgan fingerprint density at radius 1 is 1.10 bits per heavy atom. The van der Waals surface area contributed by atoms with E-state index in [0.717, 1.165) is 21.0 Å². The number of rotatable bonds is 7. The molecule has 3 aromatic heterocycles. The van der Waals surface area contributed by atoms with Gasteiger partial charge in [-0.15, -0.1) is 0 Å². The van der Waals surface area contributed by atoms with Crippen molar-refractivity contribution >= 4 is 33.4 Å². The first kappa shape index (κ1) is 20.7. The van der Waals surface area contributed by atoms with E-state index in [2.05, 4.69) is 20.6 Å². The topological polar surface area (TPSA) is 88.9 Å². The van der Waals surface area contributed by atoms with Crippen LogP contribution in [0.15, 0.2) is 67.1 Å². The van der Waals surface area contributed by atoms with E-state index in [1.165, 1.54) is 11.3 Å². The summed E-state index contributed by atoms with van der Waals surface area (Å²) in [6.07, 6.45) is 5.55. The molecule has 0 bridgehead atoms. The van der Waals surface area contributed by atoms with Crippen LogP contribution in [0.4, 0.5) is 0 Å². The van der Waals surface area contributed by atoms with Gasteiger partial charge in [0.05, 0.1) is 22.5 Å². The number of nitrogens with zero attached hydrogens (tertiary/aromatic N) is 3. The third-order valence-corrected chi connectivity index (χ3v) is 5.90. The van der Waals surface area contributed by atoms with Crippen LogP contribution in [0.3, 0.4) is 0 Å². The molecule has 8 heteroatoms. The smallest absolute Gasteiger partial charge is 0.251 e. The number of carbonyl (C=O) groups is 2. The summed E-state index contributed by atoms with van der Waals surface area (Å²) in [5, 5.41) is 6.57. The maximum Gasteiger partial charge on any atom is 0.251 e. The molecule has 0 aliphatic rings. The van der Waals surface area contributed by atoms with E-state index in [9.17, 15) is 9.59 Å². The lowest BCUT2D eigenvalue weighted by atomic mass is 10.0. The predicted octanol–water partition coefficient (Wildman–Crippen LogP) is 3.55. The molecule has 4 rings (SSSR count). The summed E-state index contributed by atoms with van der Waals surface area (Å²) < 4.78 is 2.85. The highest BCUT2D eigenvalue weighted by Gasteiger charge is 2.25. The number of fused-ring (bicyclic) bond motifs is 1. The number of pyridine rings is 1. The zero-order valence-corrected chi connectivity index (χ0v) is 18.1. The highest BCUT2D eigenvalue weighted by Crippen LogP contribution is 2.26. The normalized spacial score (nSPS) is 12.1. The van der Waals surface area contributed by atoms with Gasteiger partial charge in [-0.25, -0.2) is 4.98 Å². The fourth-order valence-corrected chi connectivity index (χ4v) is 4.15. The molecule has 7 nitrogen and oxygen atoms in total. The Balaban J connectivity index is 1.46. The first-order chi connectivity index (χ1) is 15.0. The van der Waals surface area contributed by atoms with Gasteiger partial charge in [0.15, 0.2) is 5.13 Å². The van der Waals surface area contributed by atoms with Crippen LogP contribution in [0, 0.1) is 5.92 Å². The summed E-state index contributed by atoms with van der Waals surface area (Å²) in [6.45, 7) is 4.12. The van der Waals surface area contributed by atoms with Crippen molar-refractivity contribution in [2.75, 3.05) is 0 Å². The molecule has 1 aromatic carbocycles. The first-order valence-electron chi connectivity index (χ1n) is 10.0. The Morgan fingerprint density at radius 3 is 2.61 bits per heavy atom. The molecule has 0 saturated heterocycles. The quantitative estimate of drug-likeness (QED) is 0.466. The Labute approximate surface area is 184 Å². The van der Waals surface area contributed by atoms with E-state index in [4.69, 9.17) is 0 Å². The van der Waals surface area contributed by atoms with E-state index in [0.29, 0.717) is 12.1 Å². The van der Waals surface area contributed by atoms with Gasteiger partial charge >= 0.3 is 0 Å². The average Bonchev–Trinajstić information content (AvgIpc) is 3.45. The van der Waals surface area contributed by atoms with Crippen LogP contribution in [0.25, 0.3) is 15.3 Å². The minimum Gasteiger partial charge on any atom is -0.349 e. The number of carbonyl (C=O) groups excluding carboxylic acids is 2. The third kappa shape index (κ3) is 4.80. The SMILES string of the molecule is CC(C)C(NC(=O)c1ccc2nc(-n3cccc3)sc2c1)C(=O)NCc1ccccn1. The Morgan fingerprint density at radius 2 is 1.90 bits per heavy atom. The second-order valence-corrected chi connectivity index (χ2v) is 8.51. The van der Waals surface area contributed by atoms with Gasteiger partial charge in [0.2, 0.25) is 5.91 Å². The highest BCUT2D eigenvalue weighted by atomic mass is 32.1. The van der Waals surface area contributed by atoms with Crippen molar-refractivity contribution in [3.63, 3.8) is 0 Å². The van der Waals surface area contributed by atoms with Crippen molar-refractivity contribution in [3.8, 4) is 5.13 Å². The average molecular weight is 434 g/mol. The van der Waals surface area contributed by atoms with Crippen molar-refractivity contribution in [3.05, 3.63) is 78.4 Å². The third-order valence-electron chi connectivity index (χ3n) is 4.87. The molecule has 0 radical (unpaired) electrons. The largest absolute Gasteiger partial charge is 0.349 e. The van der Waals surface area contributed by atoms with Crippen LogP contribution in [0.2, 0.25) is 0 Å². The van der Waals surface area contributed by atoms with Crippen molar-refractivity contribution in [1.29, 1.82) is 0 Å². The van der Waals surface area contributed by atoms with Crippen LogP contribution < -0.4 is 10.6 Å². The molecule has 0 aliphatic carbocycles. The predicted molar refractivity (Wildman–Crippen MR) is 121 cm³/mol. The summed E-state index contributed by atoms with van der Waals surface area (Å²) in [5.41, 5.74) is 2.09. The molecule has 0 spiro atoms. The van der Waals surface area contributed by atoms with Gasteiger partial charge in [0.25, 0.3) is 5.91 Å². The minimum absolute atomic E-state index is 0.0693. The summed E-state index contributed by atoms with van der Waals surface area (Å²) in [5.74, 6) is -0.590. The summed E-state index contributed by atoms with van der Waals surface area (Å²) >= 11 is 1.51. The Kier molecular flexibility index (Phi) is 6.08. The van der Waals surface area contributed by atoms with Crippen LogP contribution in [0.1, 0.15) is 29.9 Å². The van der Waals surface area contributed by atoms with Gasteiger partial charge < -0.3 is 15.2 Å². The first-order valence-corrected chi connectivity index (χ1v) is 10.9. The van der Waals surface area contributed by atoms with Crippen molar-refractivity contribution in [1.82, 2.24) is 25.2 Å². The van der Waals surface area contributed by atoms with E-state index >= 15 is 0 Å². The minimum atomic E-state index is -0.649. The lowest BCUT2D eigenvalue weighted by Crippen LogP contribution is -2.49. The second-order valence-electron chi connectivity index (χ2n) is 7.50. The van der Waals surface area contributed by atoms with E-state index in [-0.39, 0.29) is 17.7 Å². The second kappa shape index (κ2) is 9.09. The number of benzene rings is 1. The maximum atomic E-state index is 12.9. The molecule has 2 amide bonds. The lowest BCUT2D eigenvalue weighted by Gasteiger charge is -2.21. The zero-order valence-electron chi connectivity index (χ0n) is 17.3. The number of nitrogens with one attached hydrogen (secondary N) is 2. The van der Waals surface area contributed by atoms with Crippen LogP contribution in [0.5, 0.6) is 0 Å². The molecule has 0 saturated carbocycles. The molecular formula is C23H23N5O2S. The number of amides is 2. The highest BCUT2D eigenvalue weighted by molar-refractivity contribution is 7.20. The molecule has 1 unspecified atom stereocenters. The molecular weight excluding hydrogens is 410 g/mol. The van der Waals surface area contributed by atoms with Gasteiger partial charge in [-0.3, -0.25) is 14.6 Å². The van der Waals surface area contributed by atoms with Crippen molar-refractivity contribution < 1.29 is 9.59 Å². The molecule has 0 fully saturated rings. The monoisotopic (exact) mass is 433 g/mol.